The maximum atomic E-state index is 13.0. The molecule has 0 radical (unpaired) electrons. The molecule has 0 unspecified atom stereocenters. The molecular formula is C21H17BrN2O6. The van der Waals surface area contributed by atoms with Crippen molar-refractivity contribution >= 4 is 51.5 Å². The monoisotopic (exact) mass is 472 g/mol. The molecule has 0 spiro atoms. The van der Waals surface area contributed by atoms with E-state index in [1.54, 1.807) is 24.3 Å². The van der Waals surface area contributed by atoms with Gasteiger partial charge in [-0.25, -0.2) is 9.69 Å². The molecule has 1 fully saturated rings. The quantitative estimate of drug-likeness (QED) is 0.316. The van der Waals surface area contributed by atoms with Crippen LogP contribution in [0, 0.1) is 6.92 Å². The molecule has 0 atom stereocenters. The van der Waals surface area contributed by atoms with Crippen LogP contribution in [0.25, 0.3) is 6.08 Å². The van der Waals surface area contributed by atoms with Crippen LogP contribution in [0.1, 0.15) is 18.1 Å². The molecule has 1 aliphatic rings. The highest BCUT2D eigenvalue weighted by atomic mass is 79.9. The molecule has 2 aromatic rings. The molecular weight excluding hydrogens is 456 g/mol. The maximum absolute atomic E-state index is 13.0. The Bertz CT molecular complexity index is 1090. The molecule has 1 aliphatic heterocycles. The van der Waals surface area contributed by atoms with Gasteiger partial charge in [-0.2, -0.15) is 0 Å². The van der Waals surface area contributed by atoms with Crippen LogP contribution in [0.4, 0.5) is 10.5 Å². The highest BCUT2D eigenvalue weighted by Gasteiger charge is 2.37. The lowest BCUT2D eigenvalue weighted by Gasteiger charge is -2.26. The Morgan fingerprint density at radius 3 is 2.37 bits per heavy atom. The summed E-state index contributed by atoms with van der Waals surface area (Å²) in [6, 6.07) is 8.91. The van der Waals surface area contributed by atoms with E-state index in [0.717, 1.165) is 10.5 Å². The van der Waals surface area contributed by atoms with Crippen molar-refractivity contribution in [2.75, 3.05) is 12.0 Å². The van der Waals surface area contributed by atoms with E-state index in [9.17, 15) is 19.2 Å². The third kappa shape index (κ3) is 4.25. The summed E-state index contributed by atoms with van der Waals surface area (Å²) in [4.78, 5) is 49.8. The summed E-state index contributed by atoms with van der Waals surface area (Å²) >= 11 is 3.33. The number of hydrogen-bond donors (Lipinski definition) is 1. The fraction of sp³-hybridized carbons (Fsp3) is 0.143. The van der Waals surface area contributed by atoms with Crippen LogP contribution in [0.2, 0.25) is 0 Å². The van der Waals surface area contributed by atoms with Gasteiger partial charge in [0.2, 0.25) is 0 Å². The fourth-order valence-electron chi connectivity index (χ4n) is 2.80. The number of nitrogens with one attached hydrogen (secondary N) is 1. The van der Waals surface area contributed by atoms with Crippen LogP contribution in [0.5, 0.6) is 11.5 Å². The van der Waals surface area contributed by atoms with Gasteiger partial charge in [-0.1, -0.05) is 33.6 Å². The smallest absolute Gasteiger partial charge is 0.335 e. The number of hydrogen-bond acceptors (Lipinski definition) is 6. The first-order chi connectivity index (χ1) is 14.2. The zero-order valence-corrected chi connectivity index (χ0v) is 17.9. The van der Waals surface area contributed by atoms with Gasteiger partial charge in [-0.05, 0) is 42.8 Å². The van der Waals surface area contributed by atoms with Gasteiger partial charge >= 0.3 is 12.0 Å². The van der Waals surface area contributed by atoms with Crippen LogP contribution in [-0.4, -0.2) is 30.9 Å². The number of rotatable bonds is 4. The zero-order chi connectivity index (χ0) is 22.0. The summed E-state index contributed by atoms with van der Waals surface area (Å²) in [5.41, 5.74) is 1.47. The van der Waals surface area contributed by atoms with Gasteiger partial charge in [-0.3, -0.25) is 19.7 Å². The molecule has 0 aliphatic carbocycles. The van der Waals surface area contributed by atoms with E-state index < -0.39 is 23.8 Å². The molecule has 3 rings (SSSR count). The molecule has 0 bridgehead atoms. The summed E-state index contributed by atoms with van der Waals surface area (Å²) in [5.74, 6) is -1.70. The van der Waals surface area contributed by atoms with E-state index in [0.29, 0.717) is 15.7 Å². The highest BCUT2D eigenvalue weighted by molar-refractivity contribution is 9.10. The molecule has 8 nitrogen and oxygen atoms in total. The summed E-state index contributed by atoms with van der Waals surface area (Å²) < 4.78 is 10.8. The largest absolute Gasteiger partial charge is 0.493 e. The van der Waals surface area contributed by atoms with Crippen molar-refractivity contribution in [1.29, 1.82) is 0 Å². The zero-order valence-electron chi connectivity index (χ0n) is 16.3. The number of anilines is 1. The Balaban J connectivity index is 2.04. The van der Waals surface area contributed by atoms with E-state index in [4.69, 9.17) is 9.47 Å². The van der Waals surface area contributed by atoms with Crippen molar-refractivity contribution in [3.8, 4) is 11.5 Å². The number of benzene rings is 2. The minimum absolute atomic E-state index is 0.176. The van der Waals surface area contributed by atoms with Gasteiger partial charge in [-0.15, -0.1) is 0 Å². The van der Waals surface area contributed by atoms with Gasteiger partial charge in [0.05, 0.1) is 12.8 Å². The van der Waals surface area contributed by atoms with E-state index in [1.165, 1.54) is 32.2 Å². The number of carbonyl (C=O) groups excluding carboxylic acids is 4. The summed E-state index contributed by atoms with van der Waals surface area (Å²) in [6.07, 6.45) is 1.33. The fourth-order valence-corrected chi connectivity index (χ4v) is 3.23. The molecule has 4 amide bonds. The average Bonchev–Trinajstić information content (AvgIpc) is 2.67. The molecule has 1 N–H and O–H groups in total. The van der Waals surface area contributed by atoms with Crippen LogP contribution < -0.4 is 19.7 Å². The molecule has 2 aromatic carbocycles. The van der Waals surface area contributed by atoms with Gasteiger partial charge in [0, 0.05) is 11.4 Å². The van der Waals surface area contributed by atoms with Crippen LogP contribution >= 0.6 is 15.9 Å². The third-order valence-electron chi connectivity index (χ3n) is 4.23. The second-order valence-electron chi connectivity index (χ2n) is 6.41. The topological polar surface area (TPSA) is 102 Å². The number of nitrogens with zero attached hydrogens (tertiary/aromatic N) is 1. The third-order valence-corrected chi connectivity index (χ3v) is 4.92. The van der Waals surface area contributed by atoms with E-state index in [2.05, 4.69) is 21.2 Å². The summed E-state index contributed by atoms with van der Waals surface area (Å²) in [5, 5.41) is 2.17. The summed E-state index contributed by atoms with van der Waals surface area (Å²) in [6.45, 7) is 3.13. The number of ether oxygens (including phenoxy) is 2. The van der Waals surface area contributed by atoms with E-state index in [-0.39, 0.29) is 17.1 Å². The van der Waals surface area contributed by atoms with E-state index >= 15 is 0 Å². The van der Waals surface area contributed by atoms with Crippen LogP contribution in [0.3, 0.4) is 0 Å². The first kappa shape index (κ1) is 21.3. The maximum Gasteiger partial charge on any atom is 0.335 e. The Morgan fingerprint density at radius 2 is 1.77 bits per heavy atom. The van der Waals surface area contributed by atoms with Crippen molar-refractivity contribution in [2.45, 2.75) is 13.8 Å². The first-order valence-electron chi connectivity index (χ1n) is 8.75. The number of urea groups is 1. The van der Waals surface area contributed by atoms with Gasteiger partial charge < -0.3 is 9.47 Å². The van der Waals surface area contributed by atoms with Gasteiger partial charge in [0.25, 0.3) is 11.8 Å². The van der Waals surface area contributed by atoms with E-state index in [1.807, 2.05) is 6.92 Å². The Kier molecular flexibility index (Phi) is 6.02. The molecule has 30 heavy (non-hydrogen) atoms. The normalized spacial score (nSPS) is 15.3. The minimum Gasteiger partial charge on any atom is -0.493 e. The van der Waals surface area contributed by atoms with Crippen molar-refractivity contribution < 1.29 is 28.7 Å². The predicted octanol–water partition coefficient (Wildman–Crippen LogP) is 3.36. The number of carbonyl (C=O) groups is 4. The van der Waals surface area contributed by atoms with Crippen LogP contribution in [-0.2, 0) is 14.4 Å². The van der Waals surface area contributed by atoms with Crippen molar-refractivity contribution in [3.63, 3.8) is 0 Å². The lowest BCUT2D eigenvalue weighted by molar-refractivity contribution is -0.132. The molecule has 154 valence electrons. The first-order valence-corrected chi connectivity index (χ1v) is 9.54. The molecule has 0 saturated carbocycles. The van der Waals surface area contributed by atoms with Crippen molar-refractivity contribution in [1.82, 2.24) is 5.32 Å². The van der Waals surface area contributed by atoms with Gasteiger partial charge in [0.15, 0.2) is 11.5 Å². The number of methoxy groups -OCH3 is 1. The summed E-state index contributed by atoms with van der Waals surface area (Å²) in [7, 11) is 1.39. The number of imide groups is 2. The molecule has 0 aromatic heterocycles. The number of amides is 4. The minimum atomic E-state index is -0.826. The SMILES string of the molecule is COc1cc(/C=C2\C(=O)NC(=O)N(c3ccc(C)cc3)C2=O)c(Br)cc1OC(C)=O. The average molecular weight is 473 g/mol. The van der Waals surface area contributed by atoms with Gasteiger partial charge in [0.1, 0.15) is 5.57 Å². The van der Waals surface area contributed by atoms with Crippen LogP contribution in [0.15, 0.2) is 46.4 Å². The number of halogens is 1. The molecule has 9 heteroatoms. The number of esters is 1. The lowest BCUT2D eigenvalue weighted by atomic mass is 10.1. The standard InChI is InChI=1S/C21H17BrN2O6/c1-11-4-6-14(7-5-11)24-20(27)15(19(26)23-21(24)28)8-13-9-17(29-3)18(10-16(13)22)30-12(2)25/h4-10H,1-3H3,(H,23,26,28)/b15-8+. The second-order valence-corrected chi connectivity index (χ2v) is 7.27. The molecule has 1 saturated heterocycles. The predicted molar refractivity (Wildman–Crippen MR) is 112 cm³/mol. The Hall–Kier alpha value is -3.46. The molecule has 1 heterocycles. The number of barbiturate groups is 1. The van der Waals surface area contributed by atoms with Crippen molar-refractivity contribution in [2.24, 2.45) is 0 Å². The number of aryl methyl sites for hydroxylation is 1. The lowest BCUT2D eigenvalue weighted by Crippen LogP contribution is -2.54. The Morgan fingerprint density at radius 1 is 1.10 bits per heavy atom. The highest BCUT2D eigenvalue weighted by Crippen LogP contribution is 2.35. The Labute approximate surface area is 180 Å². The van der Waals surface area contributed by atoms with Crippen molar-refractivity contribution in [3.05, 3.63) is 57.6 Å². The second kappa shape index (κ2) is 8.50.